The maximum absolute atomic E-state index is 11.2. The molecule has 0 radical (unpaired) electrons. The molecule has 0 aromatic carbocycles. The Morgan fingerprint density at radius 2 is 2.00 bits per heavy atom. The van der Waals surface area contributed by atoms with Crippen molar-refractivity contribution in [3.63, 3.8) is 0 Å². The predicted molar refractivity (Wildman–Crippen MR) is 61.0 cm³/mol. The molecule has 0 aliphatic carbocycles. The largest absolute Gasteiger partial charge is 0.330 e. The van der Waals surface area contributed by atoms with E-state index in [1.165, 1.54) is 7.11 Å². The highest BCUT2D eigenvalue weighted by Gasteiger charge is 2.24. The first kappa shape index (κ1) is 14.4. The smallest absolute Gasteiger partial charge is 0.243 e. The maximum atomic E-state index is 11.2. The van der Waals surface area contributed by atoms with Gasteiger partial charge in [-0.2, -0.15) is 0 Å². The molecule has 4 heteroatoms. The number of nitrogens with two attached hydrogens (primary N) is 1. The van der Waals surface area contributed by atoms with Crippen LogP contribution < -0.4 is 11.2 Å². The predicted octanol–water partition coefficient (Wildman–Crippen LogP) is 1.46. The van der Waals surface area contributed by atoms with Crippen molar-refractivity contribution in [2.24, 2.45) is 17.1 Å². The lowest BCUT2D eigenvalue weighted by atomic mass is 9.76. The second kappa shape index (κ2) is 6.80. The lowest BCUT2D eigenvalue weighted by Gasteiger charge is -2.30. The summed E-state index contributed by atoms with van der Waals surface area (Å²) in [5.74, 6) is 0.411. The lowest BCUT2D eigenvalue weighted by molar-refractivity contribution is -0.131. The highest BCUT2D eigenvalue weighted by molar-refractivity contribution is 5.74. The maximum Gasteiger partial charge on any atom is 0.243 e. The van der Waals surface area contributed by atoms with Crippen molar-refractivity contribution in [2.75, 3.05) is 13.7 Å². The van der Waals surface area contributed by atoms with Gasteiger partial charge >= 0.3 is 0 Å². The van der Waals surface area contributed by atoms with Gasteiger partial charge in [0.15, 0.2) is 0 Å². The summed E-state index contributed by atoms with van der Waals surface area (Å²) in [7, 11) is 1.44. The van der Waals surface area contributed by atoms with E-state index in [0.717, 1.165) is 12.8 Å². The van der Waals surface area contributed by atoms with E-state index >= 15 is 0 Å². The third kappa shape index (κ3) is 6.47. The van der Waals surface area contributed by atoms with E-state index in [1.807, 2.05) is 0 Å². The Kier molecular flexibility index (Phi) is 6.52. The summed E-state index contributed by atoms with van der Waals surface area (Å²) in [5.41, 5.74) is 8.09. The van der Waals surface area contributed by atoms with Crippen molar-refractivity contribution in [2.45, 2.75) is 40.0 Å². The number of hydrogen-bond acceptors (Lipinski definition) is 3. The molecule has 0 aliphatic heterocycles. The zero-order valence-corrected chi connectivity index (χ0v) is 10.3. The summed E-state index contributed by atoms with van der Waals surface area (Å²) in [6.07, 6.45) is 2.31. The van der Waals surface area contributed by atoms with E-state index in [-0.39, 0.29) is 11.3 Å². The molecular formula is C11H24N2O2. The van der Waals surface area contributed by atoms with Crippen LogP contribution in [-0.2, 0) is 9.63 Å². The molecule has 0 saturated carbocycles. The fourth-order valence-corrected chi connectivity index (χ4v) is 1.68. The van der Waals surface area contributed by atoms with Gasteiger partial charge in [-0.25, -0.2) is 5.48 Å². The van der Waals surface area contributed by atoms with E-state index in [2.05, 4.69) is 31.1 Å². The van der Waals surface area contributed by atoms with Crippen molar-refractivity contribution in [3.05, 3.63) is 0 Å². The Morgan fingerprint density at radius 1 is 1.40 bits per heavy atom. The number of carbonyl (C=O) groups is 1. The highest BCUT2D eigenvalue weighted by atomic mass is 16.6. The second-order valence-electron chi connectivity index (χ2n) is 4.91. The first-order valence-electron chi connectivity index (χ1n) is 5.43. The molecule has 90 valence electrons. The molecular weight excluding hydrogens is 192 g/mol. The van der Waals surface area contributed by atoms with Crippen LogP contribution in [0.1, 0.15) is 40.0 Å². The topological polar surface area (TPSA) is 64.3 Å². The van der Waals surface area contributed by atoms with Crippen molar-refractivity contribution in [3.8, 4) is 0 Å². The number of hydroxylamine groups is 1. The first-order chi connectivity index (χ1) is 6.91. The normalized spacial score (nSPS) is 13.7. The van der Waals surface area contributed by atoms with Gasteiger partial charge in [0, 0.05) is 6.42 Å². The average molecular weight is 216 g/mol. The molecule has 15 heavy (non-hydrogen) atoms. The number of hydrogen-bond donors (Lipinski definition) is 2. The van der Waals surface area contributed by atoms with E-state index in [0.29, 0.717) is 18.9 Å². The molecule has 0 fully saturated rings. The van der Waals surface area contributed by atoms with Crippen LogP contribution in [0.5, 0.6) is 0 Å². The minimum Gasteiger partial charge on any atom is -0.330 e. The number of carbonyl (C=O) groups excluding carboxylic acids is 1. The molecule has 1 amide bonds. The van der Waals surface area contributed by atoms with Gasteiger partial charge < -0.3 is 5.73 Å². The molecule has 0 saturated heterocycles. The Morgan fingerprint density at radius 3 is 2.40 bits per heavy atom. The third-order valence-electron chi connectivity index (χ3n) is 2.68. The average Bonchev–Trinajstić information content (AvgIpc) is 2.10. The highest BCUT2D eigenvalue weighted by Crippen LogP contribution is 2.31. The minimum atomic E-state index is -0.0660. The Labute approximate surface area is 92.5 Å². The Bertz CT molecular complexity index is 188. The van der Waals surface area contributed by atoms with Gasteiger partial charge in [0.2, 0.25) is 5.91 Å². The summed E-state index contributed by atoms with van der Waals surface area (Å²) in [5, 5.41) is 0. The molecule has 0 spiro atoms. The number of rotatable bonds is 6. The van der Waals surface area contributed by atoms with Gasteiger partial charge in [-0.05, 0) is 30.7 Å². The van der Waals surface area contributed by atoms with E-state index in [9.17, 15) is 4.79 Å². The second-order valence-corrected chi connectivity index (χ2v) is 4.91. The molecule has 3 N–H and O–H groups in total. The molecule has 1 unspecified atom stereocenters. The fourth-order valence-electron chi connectivity index (χ4n) is 1.68. The van der Waals surface area contributed by atoms with Gasteiger partial charge in [0.1, 0.15) is 0 Å². The quantitative estimate of drug-likeness (QED) is 0.661. The van der Waals surface area contributed by atoms with E-state index in [1.54, 1.807) is 0 Å². The fraction of sp³-hybridized carbons (Fsp3) is 0.909. The van der Waals surface area contributed by atoms with Crippen LogP contribution in [0.3, 0.4) is 0 Å². The summed E-state index contributed by atoms with van der Waals surface area (Å²) in [4.78, 5) is 15.8. The third-order valence-corrected chi connectivity index (χ3v) is 2.68. The molecule has 0 rings (SSSR count). The summed E-state index contributed by atoms with van der Waals surface area (Å²) >= 11 is 0. The molecule has 0 bridgehead atoms. The van der Waals surface area contributed by atoms with Gasteiger partial charge in [-0.1, -0.05) is 20.8 Å². The zero-order valence-electron chi connectivity index (χ0n) is 10.3. The summed E-state index contributed by atoms with van der Waals surface area (Å²) in [6, 6.07) is 0. The zero-order chi connectivity index (χ0) is 11.9. The van der Waals surface area contributed by atoms with E-state index < -0.39 is 0 Å². The lowest BCUT2D eigenvalue weighted by Crippen LogP contribution is -2.27. The minimum absolute atomic E-state index is 0.0660. The Hall–Kier alpha value is -0.610. The van der Waals surface area contributed by atoms with Crippen LogP contribution in [-0.4, -0.2) is 19.6 Å². The number of amides is 1. The van der Waals surface area contributed by atoms with Gasteiger partial charge in [0.25, 0.3) is 0 Å². The Balaban J connectivity index is 4.02. The standard InChI is InChI=1S/C11H24N2O2/c1-11(2,3)9(7-8-12)5-6-10(14)13-15-4/h9H,5-8,12H2,1-4H3,(H,13,14). The molecule has 4 nitrogen and oxygen atoms in total. The van der Waals surface area contributed by atoms with Crippen LogP contribution in [0.15, 0.2) is 0 Å². The monoisotopic (exact) mass is 216 g/mol. The molecule has 0 aromatic rings. The van der Waals surface area contributed by atoms with Gasteiger partial charge in [0.05, 0.1) is 7.11 Å². The van der Waals surface area contributed by atoms with Gasteiger partial charge in [-0.3, -0.25) is 9.63 Å². The molecule has 1 atom stereocenters. The van der Waals surface area contributed by atoms with Crippen LogP contribution in [0.4, 0.5) is 0 Å². The van der Waals surface area contributed by atoms with Crippen LogP contribution >= 0.6 is 0 Å². The van der Waals surface area contributed by atoms with Crippen molar-refractivity contribution in [1.82, 2.24) is 5.48 Å². The van der Waals surface area contributed by atoms with Crippen molar-refractivity contribution in [1.29, 1.82) is 0 Å². The van der Waals surface area contributed by atoms with Crippen LogP contribution in [0.2, 0.25) is 0 Å². The SMILES string of the molecule is CONC(=O)CCC(CCN)C(C)(C)C. The van der Waals surface area contributed by atoms with Crippen molar-refractivity contribution < 1.29 is 9.63 Å². The first-order valence-corrected chi connectivity index (χ1v) is 5.43. The summed E-state index contributed by atoms with van der Waals surface area (Å²) in [6.45, 7) is 7.22. The van der Waals surface area contributed by atoms with Gasteiger partial charge in [-0.15, -0.1) is 0 Å². The molecule has 0 aromatic heterocycles. The number of nitrogens with one attached hydrogen (secondary N) is 1. The van der Waals surface area contributed by atoms with Crippen LogP contribution in [0.25, 0.3) is 0 Å². The summed E-state index contributed by atoms with van der Waals surface area (Å²) < 4.78 is 0. The van der Waals surface area contributed by atoms with Crippen LogP contribution in [0, 0.1) is 11.3 Å². The van der Waals surface area contributed by atoms with E-state index in [4.69, 9.17) is 5.73 Å². The van der Waals surface area contributed by atoms with Crippen molar-refractivity contribution >= 4 is 5.91 Å². The molecule has 0 heterocycles. The molecule has 0 aliphatic rings.